The van der Waals surface area contributed by atoms with Gasteiger partial charge in [-0.15, -0.1) is 0 Å². The predicted octanol–water partition coefficient (Wildman–Crippen LogP) is 7.41. The third-order valence-electron chi connectivity index (χ3n) is 7.19. The zero-order valence-corrected chi connectivity index (χ0v) is 27.3. The zero-order chi connectivity index (χ0) is 31.8. The maximum atomic E-state index is 12.4. The van der Waals surface area contributed by atoms with Gasteiger partial charge in [-0.2, -0.15) is 0 Å². The number of hydrogen-bond donors (Lipinski definition) is 2. The van der Waals surface area contributed by atoms with Crippen molar-refractivity contribution in [2.45, 2.75) is 55.8 Å². The number of carbonyl (C=O) groups is 1. The Kier molecular flexibility index (Phi) is 11.7. The highest BCUT2D eigenvalue weighted by Crippen LogP contribution is 2.47. The standard InChI is InChI=1S/C32H39ClN2O8S/c1-7-35(37)32(36)34-18-22-14-20(15-27(38-3)30(22)42-19(2)44-24-10-8-23(33)9-11-24)25-12-13-26(43-25)21-16-28(39-4)31(41-6)29(17-21)40-5/h8-11,14-17,19,25-26,37H,7,12-13,18H2,1-6H3,(H,34,36). The number of benzene rings is 3. The topological polar surface area (TPSA) is 108 Å². The van der Waals surface area contributed by atoms with Gasteiger partial charge in [-0.25, -0.2) is 9.86 Å². The van der Waals surface area contributed by atoms with Crippen molar-refractivity contribution in [3.8, 4) is 28.7 Å². The Morgan fingerprint density at radius 2 is 1.50 bits per heavy atom. The van der Waals surface area contributed by atoms with Crippen LogP contribution >= 0.6 is 23.4 Å². The van der Waals surface area contributed by atoms with Gasteiger partial charge in [0.15, 0.2) is 23.0 Å². The lowest BCUT2D eigenvalue weighted by Gasteiger charge is -2.23. The molecular weight excluding hydrogens is 608 g/mol. The number of urea groups is 1. The van der Waals surface area contributed by atoms with Gasteiger partial charge < -0.3 is 33.7 Å². The van der Waals surface area contributed by atoms with Gasteiger partial charge in [0.2, 0.25) is 5.75 Å². The first-order valence-electron chi connectivity index (χ1n) is 14.2. The molecule has 0 aliphatic carbocycles. The fraction of sp³-hybridized carbons (Fsp3) is 0.406. The summed E-state index contributed by atoms with van der Waals surface area (Å²) in [6, 6.07) is 14.6. The van der Waals surface area contributed by atoms with E-state index in [2.05, 4.69) is 5.32 Å². The largest absolute Gasteiger partial charge is 0.493 e. The Labute approximate surface area is 267 Å². The molecule has 0 radical (unpaired) electrons. The molecule has 1 aliphatic heterocycles. The van der Waals surface area contributed by atoms with Crippen molar-refractivity contribution in [3.05, 3.63) is 70.2 Å². The number of ether oxygens (including phenoxy) is 6. The molecule has 2 N–H and O–H groups in total. The zero-order valence-electron chi connectivity index (χ0n) is 25.7. The average molecular weight is 647 g/mol. The number of amides is 2. The molecular formula is C32H39ClN2O8S. The summed E-state index contributed by atoms with van der Waals surface area (Å²) < 4.78 is 35.3. The molecule has 0 aromatic heterocycles. The SMILES string of the molecule is CCN(O)C(=O)NCc1cc(C2CCC(c3cc(OC)c(OC)c(OC)c3)O2)cc(OC)c1OC(C)Sc1ccc(Cl)cc1. The molecule has 1 fully saturated rings. The van der Waals surface area contributed by atoms with Crippen LogP contribution in [0.5, 0.6) is 28.7 Å². The minimum atomic E-state index is -0.619. The third kappa shape index (κ3) is 7.95. The van der Waals surface area contributed by atoms with Crippen LogP contribution in [0.4, 0.5) is 4.79 Å². The van der Waals surface area contributed by atoms with E-state index in [1.807, 2.05) is 55.5 Å². The molecule has 1 saturated heterocycles. The molecule has 1 aliphatic rings. The molecule has 3 atom stereocenters. The van der Waals surface area contributed by atoms with Crippen LogP contribution in [0.25, 0.3) is 0 Å². The van der Waals surface area contributed by atoms with Crippen LogP contribution in [0.1, 0.15) is 55.6 Å². The lowest BCUT2D eigenvalue weighted by molar-refractivity contribution is -0.0386. The summed E-state index contributed by atoms with van der Waals surface area (Å²) in [5, 5.41) is 13.9. The molecule has 238 valence electrons. The van der Waals surface area contributed by atoms with E-state index in [1.165, 1.54) is 11.8 Å². The van der Waals surface area contributed by atoms with Crippen LogP contribution in [0.15, 0.2) is 53.4 Å². The van der Waals surface area contributed by atoms with Gasteiger partial charge in [-0.3, -0.25) is 5.21 Å². The summed E-state index contributed by atoms with van der Waals surface area (Å²) in [5.74, 6) is 2.64. The second kappa shape index (κ2) is 15.5. The molecule has 4 rings (SSSR count). The summed E-state index contributed by atoms with van der Waals surface area (Å²) in [5.41, 5.74) is 2.17. The highest BCUT2D eigenvalue weighted by Gasteiger charge is 2.31. The van der Waals surface area contributed by atoms with Gasteiger partial charge in [0, 0.05) is 28.6 Å². The summed E-state index contributed by atoms with van der Waals surface area (Å²) in [4.78, 5) is 13.4. The molecule has 10 nitrogen and oxygen atoms in total. The second-order valence-electron chi connectivity index (χ2n) is 9.99. The fourth-order valence-corrected chi connectivity index (χ4v) is 5.95. The van der Waals surface area contributed by atoms with Crippen molar-refractivity contribution in [2.75, 3.05) is 35.0 Å². The second-order valence-corrected chi connectivity index (χ2v) is 11.8. The van der Waals surface area contributed by atoms with Crippen molar-refractivity contribution in [1.29, 1.82) is 0 Å². The van der Waals surface area contributed by atoms with Gasteiger partial charge in [0.25, 0.3) is 0 Å². The fourth-order valence-electron chi connectivity index (χ4n) is 5.00. The van der Waals surface area contributed by atoms with Crippen molar-refractivity contribution in [2.24, 2.45) is 0 Å². The van der Waals surface area contributed by atoms with Crippen molar-refractivity contribution >= 4 is 29.4 Å². The maximum Gasteiger partial charge on any atom is 0.341 e. The van der Waals surface area contributed by atoms with Gasteiger partial charge in [0.05, 0.1) is 40.6 Å². The number of hydrogen-bond acceptors (Lipinski definition) is 9. The number of thioether (sulfide) groups is 1. The van der Waals surface area contributed by atoms with E-state index in [-0.39, 0.29) is 30.7 Å². The summed E-state index contributed by atoms with van der Waals surface area (Å²) in [6.07, 6.45) is 1.06. The number of nitrogens with one attached hydrogen (secondary N) is 1. The monoisotopic (exact) mass is 646 g/mol. The maximum absolute atomic E-state index is 12.4. The molecule has 3 unspecified atom stereocenters. The number of halogens is 1. The van der Waals surface area contributed by atoms with Crippen LogP contribution in [0, 0.1) is 0 Å². The number of nitrogens with zero attached hydrogens (tertiary/aromatic N) is 1. The normalized spacial score (nSPS) is 16.6. The smallest absolute Gasteiger partial charge is 0.341 e. The van der Waals surface area contributed by atoms with E-state index in [0.717, 1.165) is 28.9 Å². The number of rotatable bonds is 13. The van der Waals surface area contributed by atoms with Crippen molar-refractivity contribution in [3.63, 3.8) is 0 Å². The van der Waals surface area contributed by atoms with Gasteiger partial charge in [-0.05, 0) is 86.3 Å². The lowest BCUT2D eigenvalue weighted by Crippen LogP contribution is -2.37. The Morgan fingerprint density at radius 1 is 0.955 bits per heavy atom. The first-order valence-corrected chi connectivity index (χ1v) is 15.5. The molecule has 3 aromatic rings. The van der Waals surface area contributed by atoms with E-state index in [9.17, 15) is 10.0 Å². The van der Waals surface area contributed by atoms with E-state index in [1.54, 1.807) is 35.4 Å². The van der Waals surface area contributed by atoms with E-state index in [4.69, 9.17) is 40.0 Å². The Morgan fingerprint density at radius 3 is 2.02 bits per heavy atom. The highest BCUT2D eigenvalue weighted by molar-refractivity contribution is 7.99. The molecule has 0 saturated carbocycles. The third-order valence-corrected chi connectivity index (χ3v) is 8.41. The van der Waals surface area contributed by atoms with Crippen molar-refractivity contribution in [1.82, 2.24) is 10.4 Å². The van der Waals surface area contributed by atoms with Crippen LogP contribution in [0.3, 0.4) is 0 Å². The first kappa shape index (κ1) is 33.4. The minimum absolute atomic E-state index is 0.0940. The quantitative estimate of drug-likeness (QED) is 0.0849. The number of carbonyl (C=O) groups excluding carboxylic acids is 1. The molecule has 0 spiro atoms. The molecule has 2 amide bonds. The summed E-state index contributed by atoms with van der Waals surface area (Å²) in [6.45, 7) is 3.85. The van der Waals surface area contributed by atoms with Crippen LogP contribution < -0.4 is 29.0 Å². The van der Waals surface area contributed by atoms with Crippen LogP contribution in [-0.2, 0) is 11.3 Å². The number of methoxy groups -OCH3 is 4. The average Bonchev–Trinajstić information content (AvgIpc) is 3.54. The van der Waals surface area contributed by atoms with Crippen LogP contribution in [-0.4, -0.2) is 56.7 Å². The molecule has 3 aromatic carbocycles. The Balaban J connectivity index is 1.62. The first-order chi connectivity index (χ1) is 21.2. The lowest BCUT2D eigenvalue weighted by atomic mass is 10.0. The molecule has 12 heteroatoms. The Bertz CT molecular complexity index is 1400. The summed E-state index contributed by atoms with van der Waals surface area (Å²) >= 11 is 7.56. The van der Waals surface area contributed by atoms with Gasteiger partial charge in [0.1, 0.15) is 5.44 Å². The van der Waals surface area contributed by atoms with E-state index < -0.39 is 6.03 Å². The summed E-state index contributed by atoms with van der Waals surface area (Å²) in [7, 11) is 6.31. The van der Waals surface area contributed by atoms with E-state index in [0.29, 0.717) is 44.4 Å². The predicted molar refractivity (Wildman–Crippen MR) is 169 cm³/mol. The van der Waals surface area contributed by atoms with E-state index >= 15 is 0 Å². The molecule has 1 heterocycles. The van der Waals surface area contributed by atoms with Crippen LogP contribution in [0.2, 0.25) is 5.02 Å². The Hall–Kier alpha value is -3.51. The molecule has 0 bridgehead atoms. The number of hydroxylamine groups is 2. The van der Waals surface area contributed by atoms with Crippen molar-refractivity contribution < 1.29 is 38.4 Å². The molecule has 44 heavy (non-hydrogen) atoms. The van der Waals surface area contributed by atoms with Gasteiger partial charge in [-0.1, -0.05) is 23.4 Å². The van der Waals surface area contributed by atoms with Gasteiger partial charge >= 0.3 is 6.03 Å². The minimum Gasteiger partial charge on any atom is -0.493 e. The highest BCUT2D eigenvalue weighted by atomic mass is 35.5.